The van der Waals surface area contributed by atoms with Crippen molar-refractivity contribution in [2.24, 2.45) is 0 Å². The van der Waals surface area contributed by atoms with E-state index in [1.54, 1.807) is 36.5 Å². The standard InChI is InChI=1S/C22H30N3O5Si/c1-21(2,3)29-14-17-16(26)13-22(30-17,31(4)5)25-12-11-18(24-20(25)28)23-19(27)15-9-7-6-8-10-15/h6-12,16-17,26H,13-14H2,1-5H3,(H,23,24,27,28)/t16-,17+,22-/m0/s1. The lowest BCUT2D eigenvalue weighted by Crippen LogP contribution is -2.51. The van der Waals surface area contributed by atoms with Crippen molar-refractivity contribution in [2.45, 2.75) is 63.4 Å². The Morgan fingerprint density at radius 3 is 2.58 bits per heavy atom. The van der Waals surface area contributed by atoms with E-state index in [0.29, 0.717) is 5.56 Å². The van der Waals surface area contributed by atoms with Gasteiger partial charge in [-0.15, -0.1) is 0 Å². The molecule has 167 valence electrons. The number of aromatic nitrogens is 2. The summed E-state index contributed by atoms with van der Waals surface area (Å²) >= 11 is 0. The van der Waals surface area contributed by atoms with Crippen molar-refractivity contribution in [3.8, 4) is 0 Å². The third-order valence-electron chi connectivity index (χ3n) is 5.19. The lowest BCUT2D eigenvalue weighted by molar-refractivity contribution is -0.114. The molecule has 0 saturated carbocycles. The molecular weight excluding hydrogens is 414 g/mol. The maximum Gasteiger partial charge on any atom is 0.351 e. The molecule has 8 nitrogen and oxygen atoms in total. The molecule has 1 amide bonds. The van der Waals surface area contributed by atoms with Crippen molar-refractivity contribution in [3.63, 3.8) is 0 Å². The van der Waals surface area contributed by atoms with Gasteiger partial charge in [0.05, 0.1) is 18.3 Å². The Hall–Kier alpha value is -2.33. The highest BCUT2D eigenvalue weighted by atomic mass is 28.3. The Morgan fingerprint density at radius 1 is 1.32 bits per heavy atom. The van der Waals surface area contributed by atoms with Gasteiger partial charge in [-0.1, -0.05) is 31.3 Å². The van der Waals surface area contributed by atoms with Crippen LogP contribution in [0.4, 0.5) is 5.82 Å². The predicted octanol–water partition coefficient (Wildman–Crippen LogP) is 2.41. The molecule has 1 aromatic carbocycles. The van der Waals surface area contributed by atoms with Gasteiger partial charge in [-0.2, -0.15) is 4.98 Å². The smallest absolute Gasteiger partial charge is 0.351 e. The first-order valence-corrected chi connectivity index (χ1v) is 12.8. The Labute approximate surface area is 183 Å². The van der Waals surface area contributed by atoms with Crippen LogP contribution in [0.1, 0.15) is 37.6 Å². The summed E-state index contributed by atoms with van der Waals surface area (Å²) in [6.45, 7) is 10.1. The van der Waals surface area contributed by atoms with E-state index in [1.807, 2.05) is 39.9 Å². The van der Waals surface area contributed by atoms with E-state index in [1.165, 1.54) is 4.57 Å². The number of benzene rings is 1. The van der Waals surface area contributed by atoms with Crippen LogP contribution in [0.3, 0.4) is 0 Å². The summed E-state index contributed by atoms with van der Waals surface area (Å²) < 4.78 is 13.5. The van der Waals surface area contributed by atoms with Gasteiger partial charge in [0.25, 0.3) is 5.91 Å². The van der Waals surface area contributed by atoms with Crippen molar-refractivity contribution in [2.75, 3.05) is 11.9 Å². The predicted molar refractivity (Wildman–Crippen MR) is 120 cm³/mol. The second kappa shape index (κ2) is 9.03. The first-order valence-electron chi connectivity index (χ1n) is 10.3. The highest BCUT2D eigenvalue weighted by molar-refractivity contribution is 6.58. The van der Waals surface area contributed by atoms with Crippen LogP contribution in [0.2, 0.25) is 13.1 Å². The van der Waals surface area contributed by atoms with E-state index < -0.39 is 32.0 Å². The Balaban J connectivity index is 1.82. The molecule has 0 unspecified atom stereocenters. The topological polar surface area (TPSA) is 103 Å². The van der Waals surface area contributed by atoms with E-state index >= 15 is 0 Å². The molecule has 3 rings (SSSR count). The molecule has 0 bridgehead atoms. The van der Waals surface area contributed by atoms with Crippen LogP contribution in [0.25, 0.3) is 0 Å². The van der Waals surface area contributed by atoms with Crippen molar-refractivity contribution in [3.05, 3.63) is 58.6 Å². The quantitative estimate of drug-likeness (QED) is 0.664. The van der Waals surface area contributed by atoms with Gasteiger partial charge in [0.2, 0.25) is 0 Å². The van der Waals surface area contributed by atoms with Crippen LogP contribution in [0, 0.1) is 0 Å². The second-order valence-electron chi connectivity index (χ2n) is 8.92. The zero-order valence-corrected chi connectivity index (χ0v) is 19.6. The SMILES string of the molecule is C[Si](C)[C@]1(n2ccc(NC(=O)c3ccccc3)nc2=O)C[C@H](O)[C@@H](COC(C)(C)C)O1. The minimum atomic E-state index is -1.24. The van der Waals surface area contributed by atoms with E-state index in [-0.39, 0.29) is 30.4 Å². The van der Waals surface area contributed by atoms with E-state index in [4.69, 9.17) is 9.47 Å². The van der Waals surface area contributed by atoms with Gasteiger partial charge in [-0.25, -0.2) is 4.79 Å². The number of carbonyl (C=O) groups is 1. The number of nitrogens with one attached hydrogen (secondary N) is 1. The molecule has 9 heteroatoms. The number of aliphatic hydroxyl groups is 1. The number of hydrogen-bond acceptors (Lipinski definition) is 6. The van der Waals surface area contributed by atoms with Gasteiger partial charge in [0.1, 0.15) is 26.1 Å². The first kappa shape index (κ1) is 23.3. The summed E-state index contributed by atoms with van der Waals surface area (Å²) in [5, 5.41) is 12.3. The van der Waals surface area contributed by atoms with Crippen LogP contribution in [0.5, 0.6) is 0 Å². The fourth-order valence-electron chi connectivity index (χ4n) is 3.51. The molecule has 2 heterocycles. The molecule has 0 aliphatic carbocycles. The van der Waals surface area contributed by atoms with Crippen LogP contribution in [-0.4, -0.2) is 53.8 Å². The van der Waals surface area contributed by atoms with Gasteiger partial charge in [0, 0.05) is 18.2 Å². The lowest BCUT2D eigenvalue weighted by Gasteiger charge is -2.34. The molecule has 1 radical (unpaired) electrons. The molecule has 0 spiro atoms. The number of carbonyl (C=O) groups excluding carboxylic acids is 1. The third-order valence-corrected chi connectivity index (χ3v) is 7.32. The Bertz CT molecular complexity index is 973. The molecule has 1 aliphatic rings. The molecule has 1 saturated heterocycles. The average molecular weight is 445 g/mol. The molecule has 2 N–H and O–H groups in total. The van der Waals surface area contributed by atoms with Crippen LogP contribution in [0.15, 0.2) is 47.4 Å². The zero-order valence-electron chi connectivity index (χ0n) is 18.6. The number of aliphatic hydroxyl groups excluding tert-OH is 1. The summed E-state index contributed by atoms with van der Waals surface area (Å²) in [6, 6.07) is 10.3. The largest absolute Gasteiger partial charge is 0.390 e. The summed E-state index contributed by atoms with van der Waals surface area (Å²) in [5.41, 5.74) is -0.430. The van der Waals surface area contributed by atoms with Gasteiger partial charge in [-0.3, -0.25) is 9.36 Å². The van der Waals surface area contributed by atoms with Crippen LogP contribution >= 0.6 is 0 Å². The van der Waals surface area contributed by atoms with Crippen LogP contribution in [-0.2, 0) is 14.8 Å². The van der Waals surface area contributed by atoms with Gasteiger partial charge in [-0.05, 0) is 39.0 Å². The molecule has 2 aromatic rings. The molecule has 1 aromatic heterocycles. The minimum Gasteiger partial charge on any atom is -0.390 e. The summed E-state index contributed by atoms with van der Waals surface area (Å²) in [7, 11) is -1.24. The normalized spacial score (nSPS) is 23.8. The van der Waals surface area contributed by atoms with Crippen molar-refractivity contribution in [1.82, 2.24) is 9.55 Å². The van der Waals surface area contributed by atoms with E-state index in [0.717, 1.165) is 0 Å². The zero-order chi connectivity index (χ0) is 22.8. The summed E-state index contributed by atoms with van der Waals surface area (Å²) in [4.78, 5) is 29.3. The second-order valence-corrected chi connectivity index (χ2v) is 11.7. The third kappa shape index (κ3) is 5.30. The van der Waals surface area contributed by atoms with Crippen molar-refractivity contribution >= 4 is 20.5 Å². The van der Waals surface area contributed by atoms with Crippen molar-refractivity contribution < 1.29 is 19.4 Å². The molecule has 1 aliphatic heterocycles. The highest BCUT2D eigenvalue weighted by Crippen LogP contribution is 2.37. The Morgan fingerprint density at radius 2 is 2.00 bits per heavy atom. The van der Waals surface area contributed by atoms with Gasteiger partial charge < -0.3 is 19.9 Å². The van der Waals surface area contributed by atoms with Gasteiger partial charge >= 0.3 is 5.69 Å². The number of anilines is 1. The fraction of sp³-hybridized carbons (Fsp3) is 0.500. The first-order chi connectivity index (χ1) is 14.5. The fourth-order valence-corrected chi connectivity index (χ4v) is 5.17. The monoisotopic (exact) mass is 444 g/mol. The molecule has 31 heavy (non-hydrogen) atoms. The number of ether oxygens (including phenoxy) is 2. The maximum absolute atomic E-state index is 12.9. The number of amides is 1. The number of hydrogen-bond donors (Lipinski definition) is 2. The molecule has 3 atom stereocenters. The maximum atomic E-state index is 12.9. The number of nitrogens with zero attached hydrogens (tertiary/aromatic N) is 2. The van der Waals surface area contributed by atoms with Crippen LogP contribution < -0.4 is 11.0 Å². The van der Waals surface area contributed by atoms with Gasteiger partial charge in [0.15, 0.2) is 0 Å². The van der Waals surface area contributed by atoms with E-state index in [2.05, 4.69) is 10.3 Å². The average Bonchev–Trinajstić information content (AvgIpc) is 3.04. The van der Waals surface area contributed by atoms with Crippen molar-refractivity contribution in [1.29, 1.82) is 0 Å². The summed E-state index contributed by atoms with van der Waals surface area (Å²) in [6.07, 6.45) is 0.562. The molecular formula is C22H30N3O5Si. The Kier molecular flexibility index (Phi) is 6.80. The summed E-state index contributed by atoms with van der Waals surface area (Å²) in [5.74, 6) is -0.181. The molecule has 1 fully saturated rings. The lowest BCUT2D eigenvalue weighted by atomic mass is 10.1. The highest BCUT2D eigenvalue weighted by Gasteiger charge is 2.50. The number of rotatable bonds is 6. The minimum absolute atomic E-state index is 0.164. The van der Waals surface area contributed by atoms with E-state index in [9.17, 15) is 14.7 Å².